The van der Waals surface area contributed by atoms with Crippen LogP contribution in [0.3, 0.4) is 0 Å². The Kier molecular flexibility index (Phi) is 9.33. The Hall–Kier alpha value is -0.550. The van der Waals surface area contributed by atoms with Crippen molar-refractivity contribution in [1.29, 1.82) is 5.26 Å². The molecule has 0 bridgehead atoms. The summed E-state index contributed by atoms with van der Waals surface area (Å²) in [6.07, 6.45) is 8.16. The van der Waals surface area contributed by atoms with Gasteiger partial charge in [-0.25, -0.2) is 0 Å². The van der Waals surface area contributed by atoms with Gasteiger partial charge in [-0.05, 0) is 31.2 Å². The van der Waals surface area contributed by atoms with Gasteiger partial charge < -0.3 is 5.32 Å². The van der Waals surface area contributed by atoms with Crippen LogP contribution in [0.1, 0.15) is 65.7 Å². The molecule has 0 atom stereocenters. The number of rotatable bonds is 10. The van der Waals surface area contributed by atoms with Gasteiger partial charge in [0.2, 0.25) is 0 Å². The summed E-state index contributed by atoms with van der Waals surface area (Å²) in [6, 6.07) is 2.18. The number of hydrogen-bond donors (Lipinski definition) is 1. The summed E-state index contributed by atoms with van der Waals surface area (Å²) < 4.78 is 0. The first kappa shape index (κ1) is 15.4. The third-order valence-electron chi connectivity index (χ3n) is 2.95. The lowest BCUT2D eigenvalue weighted by Crippen LogP contribution is -2.30. The zero-order valence-corrected chi connectivity index (χ0v) is 11.3. The van der Waals surface area contributed by atoms with E-state index in [0.717, 1.165) is 25.9 Å². The highest BCUT2D eigenvalue weighted by molar-refractivity contribution is 4.72. The first-order chi connectivity index (χ1) is 7.62. The second-order valence-corrected chi connectivity index (χ2v) is 5.41. The first-order valence-electron chi connectivity index (χ1n) is 6.70. The van der Waals surface area contributed by atoms with Crippen molar-refractivity contribution in [3.63, 3.8) is 0 Å². The summed E-state index contributed by atoms with van der Waals surface area (Å²) in [5.41, 5.74) is 0.421. The number of nitrogens with zero attached hydrogens (tertiary/aromatic N) is 1. The molecule has 0 aliphatic heterocycles. The molecule has 0 saturated heterocycles. The smallest absolute Gasteiger partial charge is 0.0621 e. The van der Waals surface area contributed by atoms with E-state index in [4.69, 9.17) is 5.26 Å². The van der Waals surface area contributed by atoms with Crippen molar-refractivity contribution in [2.24, 2.45) is 5.41 Å². The third-order valence-corrected chi connectivity index (χ3v) is 2.95. The summed E-state index contributed by atoms with van der Waals surface area (Å²) in [5.74, 6) is 0. The summed E-state index contributed by atoms with van der Waals surface area (Å²) in [7, 11) is 0. The van der Waals surface area contributed by atoms with Crippen molar-refractivity contribution in [2.75, 3.05) is 13.1 Å². The normalized spacial score (nSPS) is 11.4. The number of hydrogen-bond acceptors (Lipinski definition) is 2. The van der Waals surface area contributed by atoms with Crippen LogP contribution in [-0.4, -0.2) is 13.1 Å². The molecule has 0 aromatic carbocycles. The minimum absolute atomic E-state index is 0.421. The number of nitriles is 1. The first-order valence-corrected chi connectivity index (χ1v) is 6.70. The van der Waals surface area contributed by atoms with Gasteiger partial charge in [-0.15, -0.1) is 0 Å². The Morgan fingerprint density at radius 1 is 1.12 bits per heavy atom. The highest BCUT2D eigenvalue weighted by atomic mass is 14.9. The van der Waals surface area contributed by atoms with Gasteiger partial charge in [0, 0.05) is 13.0 Å². The maximum atomic E-state index is 8.40. The second kappa shape index (κ2) is 9.66. The van der Waals surface area contributed by atoms with Gasteiger partial charge in [0.15, 0.2) is 0 Å². The minimum atomic E-state index is 0.421. The quantitative estimate of drug-likeness (QED) is 0.572. The second-order valence-electron chi connectivity index (χ2n) is 5.41. The molecule has 94 valence electrons. The van der Waals surface area contributed by atoms with Crippen molar-refractivity contribution < 1.29 is 0 Å². The van der Waals surface area contributed by atoms with E-state index in [2.05, 4.69) is 32.2 Å². The molecule has 0 aromatic rings. The lowest BCUT2D eigenvalue weighted by molar-refractivity contribution is 0.302. The summed E-state index contributed by atoms with van der Waals surface area (Å²) in [5, 5.41) is 11.9. The van der Waals surface area contributed by atoms with Gasteiger partial charge in [0.1, 0.15) is 0 Å². The standard InChI is InChI=1S/C14H28N2/c1-4-5-7-10-14(2,3)13-16-12-9-6-8-11-15/h16H,4-10,12-13H2,1-3H3. The fourth-order valence-electron chi connectivity index (χ4n) is 1.82. The molecule has 0 radical (unpaired) electrons. The minimum Gasteiger partial charge on any atom is -0.316 e. The van der Waals surface area contributed by atoms with Crippen LogP contribution < -0.4 is 5.32 Å². The molecule has 0 unspecified atom stereocenters. The largest absolute Gasteiger partial charge is 0.316 e. The Morgan fingerprint density at radius 2 is 1.88 bits per heavy atom. The molecule has 0 aliphatic rings. The van der Waals surface area contributed by atoms with E-state index in [-0.39, 0.29) is 0 Å². The lowest BCUT2D eigenvalue weighted by Gasteiger charge is -2.25. The van der Waals surface area contributed by atoms with Gasteiger partial charge in [0.25, 0.3) is 0 Å². The van der Waals surface area contributed by atoms with Crippen molar-refractivity contribution in [2.45, 2.75) is 65.7 Å². The van der Waals surface area contributed by atoms with Gasteiger partial charge >= 0.3 is 0 Å². The van der Waals surface area contributed by atoms with Crippen molar-refractivity contribution >= 4 is 0 Å². The summed E-state index contributed by atoms with van der Waals surface area (Å²) >= 11 is 0. The predicted molar refractivity (Wildman–Crippen MR) is 70.3 cm³/mol. The van der Waals surface area contributed by atoms with Crippen LogP contribution >= 0.6 is 0 Å². The van der Waals surface area contributed by atoms with E-state index >= 15 is 0 Å². The molecule has 2 heteroatoms. The topological polar surface area (TPSA) is 35.8 Å². The van der Waals surface area contributed by atoms with Gasteiger partial charge in [-0.3, -0.25) is 0 Å². The Bertz CT molecular complexity index is 191. The Morgan fingerprint density at radius 3 is 2.50 bits per heavy atom. The van der Waals surface area contributed by atoms with Crippen molar-refractivity contribution in [3.8, 4) is 6.07 Å². The van der Waals surface area contributed by atoms with E-state index in [1.54, 1.807) is 0 Å². The third kappa shape index (κ3) is 9.98. The monoisotopic (exact) mass is 224 g/mol. The highest BCUT2D eigenvalue weighted by Crippen LogP contribution is 2.22. The fourth-order valence-corrected chi connectivity index (χ4v) is 1.82. The van der Waals surface area contributed by atoms with Crippen molar-refractivity contribution in [1.82, 2.24) is 5.32 Å². The molecule has 0 saturated carbocycles. The molecule has 0 amide bonds. The van der Waals surface area contributed by atoms with Crippen LogP contribution in [0.4, 0.5) is 0 Å². The average Bonchev–Trinajstić information content (AvgIpc) is 2.23. The number of nitrogens with one attached hydrogen (secondary N) is 1. The molecule has 0 heterocycles. The zero-order valence-electron chi connectivity index (χ0n) is 11.3. The molecule has 2 nitrogen and oxygen atoms in total. The molecular formula is C14H28N2. The van der Waals surface area contributed by atoms with Gasteiger partial charge in [-0.2, -0.15) is 5.26 Å². The van der Waals surface area contributed by atoms with Crippen LogP contribution in [0, 0.1) is 16.7 Å². The molecule has 0 rings (SSSR count). The van der Waals surface area contributed by atoms with E-state index in [1.807, 2.05) is 0 Å². The summed E-state index contributed by atoms with van der Waals surface area (Å²) in [4.78, 5) is 0. The molecule has 0 spiro atoms. The SMILES string of the molecule is CCCCCC(C)(C)CNCCCCC#N. The van der Waals surface area contributed by atoms with E-state index in [1.165, 1.54) is 25.7 Å². The van der Waals surface area contributed by atoms with E-state index in [9.17, 15) is 0 Å². The van der Waals surface area contributed by atoms with Gasteiger partial charge in [-0.1, -0.05) is 40.0 Å². The Labute approximate surface area is 101 Å². The fraction of sp³-hybridized carbons (Fsp3) is 0.929. The average molecular weight is 224 g/mol. The van der Waals surface area contributed by atoms with Crippen LogP contribution in [0.2, 0.25) is 0 Å². The number of unbranched alkanes of at least 4 members (excludes halogenated alkanes) is 4. The molecule has 16 heavy (non-hydrogen) atoms. The molecular weight excluding hydrogens is 196 g/mol. The lowest BCUT2D eigenvalue weighted by atomic mass is 9.87. The van der Waals surface area contributed by atoms with Crippen LogP contribution in [0.15, 0.2) is 0 Å². The molecule has 0 aliphatic carbocycles. The Balaban J connectivity index is 3.39. The van der Waals surface area contributed by atoms with Crippen molar-refractivity contribution in [3.05, 3.63) is 0 Å². The molecule has 1 N–H and O–H groups in total. The highest BCUT2D eigenvalue weighted by Gasteiger charge is 2.15. The molecule has 0 aromatic heterocycles. The maximum Gasteiger partial charge on any atom is 0.0621 e. The zero-order chi connectivity index (χ0) is 12.3. The maximum absolute atomic E-state index is 8.40. The van der Waals surface area contributed by atoms with E-state index < -0.39 is 0 Å². The molecule has 0 fully saturated rings. The predicted octanol–water partition coefficient (Wildman–Crippen LogP) is 3.88. The van der Waals surface area contributed by atoms with Crippen LogP contribution in [-0.2, 0) is 0 Å². The van der Waals surface area contributed by atoms with E-state index in [0.29, 0.717) is 11.8 Å². The van der Waals surface area contributed by atoms with Gasteiger partial charge in [0.05, 0.1) is 6.07 Å². The summed E-state index contributed by atoms with van der Waals surface area (Å²) in [6.45, 7) is 9.08. The van der Waals surface area contributed by atoms with Crippen LogP contribution in [0.5, 0.6) is 0 Å². The van der Waals surface area contributed by atoms with Crippen LogP contribution in [0.25, 0.3) is 0 Å².